The summed E-state index contributed by atoms with van der Waals surface area (Å²) in [5, 5.41) is 3.63. The molecular weight excluding hydrogens is 439 g/mol. The molecule has 1 saturated heterocycles. The van der Waals surface area contributed by atoms with Crippen LogP contribution >= 0.6 is 0 Å². The summed E-state index contributed by atoms with van der Waals surface area (Å²) in [4.78, 5) is 22.0. The first-order valence-electron chi connectivity index (χ1n) is 11.0. The Bertz CT molecular complexity index is 1180. The van der Waals surface area contributed by atoms with E-state index in [0.29, 0.717) is 42.9 Å². The lowest BCUT2D eigenvalue weighted by Crippen LogP contribution is -2.42. The van der Waals surface area contributed by atoms with Gasteiger partial charge in [-0.2, -0.15) is 4.98 Å². The van der Waals surface area contributed by atoms with Crippen molar-refractivity contribution in [3.8, 4) is 0 Å². The number of hydrogen-bond acceptors (Lipinski definition) is 6. The van der Waals surface area contributed by atoms with Crippen molar-refractivity contribution in [2.24, 2.45) is 5.92 Å². The molecule has 1 N–H and O–H groups in total. The molecule has 0 spiro atoms. The number of fused-ring (bicyclic) bond motifs is 1. The van der Waals surface area contributed by atoms with Crippen LogP contribution in [0.25, 0.3) is 11.0 Å². The topological polar surface area (TPSA) is 97.2 Å². The molecule has 2 aromatic heterocycles. The molecule has 3 heterocycles. The number of nitrogens with zero attached hydrogens (tertiary/aromatic N) is 4. The lowest BCUT2D eigenvalue weighted by molar-refractivity contribution is 0.0917. The third kappa shape index (κ3) is 4.52. The maximum Gasteiger partial charge on any atom is 0.260 e. The highest BCUT2D eigenvalue weighted by atomic mass is 32.2. The fraction of sp³-hybridized carbons (Fsp3) is 0.650. The van der Waals surface area contributed by atoms with Crippen molar-refractivity contribution in [1.82, 2.24) is 18.8 Å². The fourth-order valence-electron chi connectivity index (χ4n) is 4.84. The second-order valence-electron chi connectivity index (χ2n) is 9.15. The van der Waals surface area contributed by atoms with Crippen LogP contribution in [0, 0.1) is 5.92 Å². The van der Waals surface area contributed by atoms with Crippen LogP contribution in [0.5, 0.6) is 0 Å². The zero-order chi connectivity index (χ0) is 23.3. The van der Waals surface area contributed by atoms with Crippen LogP contribution in [-0.2, 0) is 15.8 Å². The van der Waals surface area contributed by atoms with Crippen molar-refractivity contribution in [3.05, 3.63) is 28.2 Å². The molecular formula is C20H28BF2N5O3S. The molecule has 2 fully saturated rings. The molecule has 2 aromatic rings. The predicted molar refractivity (Wildman–Crippen MR) is 121 cm³/mol. The Hall–Kier alpha value is -2.08. The molecule has 8 nitrogen and oxygen atoms in total. The van der Waals surface area contributed by atoms with E-state index in [1.165, 1.54) is 27.4 Å². The molecule has 32 heavy (non-hydrogen) atoms. The van der Waals surface area contributed by atoms with Gasteiger partial charge >= 0.3 is 0 Å². The molecule has 1 aliphatic heterocycles. The highest BCUT2D eigenvalue weighted by molar-refractivity contribution is 7.88. The first-order valence-corrected chi connectivity index (χ1v) is 12.8. The second kappa shape index (κ2) is 8.37. The lowest BCUT2D eigenvalue weighted by atomic mass is 9.91. The van der Waals surface area contributed by atoms with Crippen LogP contribution in [-0.4, -0.2) is 60.5 Å². The Balaban J connectivity index is 1.70. The molecule has 4 rings (SSSR count). The maximum atomic E-state index is 14.2. The Kier molecular flexibility index (Phi) is 6.04. The van der Waals surface area contributed by atoms with Crippen molar-refractivity contribution in [1.29, 1.82) is 0 Å². The first-order chi connectivity index (χ1) is 14.9. The van der Waals surface area contributed by atoms with E-state index in [4.69, 9.17) is 0 Å². The van der Waals surface area contributed by atoms with Gasteiger partial charge in [0.15, 0.2) is 7.85 Å². The Morgan fingerprint density at radius 3 is 2.47 bits per heavy atom. The zero-order valence-electron chi connectivity index (χ0n) is 18.5. The monoisotopic (exact) mass is 467 g/mol. The minimum absolute atomic E-state index is 0.0183. The number of piperidine rings is 1. The molecule has 2 aliphatic rings. The van der Waals surface area contributed by atoms with Crippen molar-refractivity contribution >= 4 is 34.9 Å². The molecule has 2 atom stereocenters. The van der Waals surface area contributed by atoms with E-state index in [0.717, 1.165) is 27.1 Å². The SMILES string of the molecule is BC(F)(F)c1cc2cnc(NC3CCN(S(C)(=O)=O)CC3)nc2n([C@@H]2CCC[C@@H]2C)c1=O. The Labute approximate surface area is 186 Å². The molecule has 0 unspecified atom stereocenters. The number of aromatic nitrogens is 3. The normalized spacial score (nSPS) is 23.6. The minimum Gasteiger partial charge on any atom is -0.351 e. The standard InChI is InChI=1S/C20H28BF2N5O3S/c1-12-4-3-5-16(12)28-17-13(10-15(18(28)29)20(21,22)23)11-24-19(26-17)25-14-6-8-27(9-7-14)32(2,30)31/h10-12,14,16H,3-9,21H2,1-2H3,(H,24,25,26)/t12-,16+/m0/s1. The Morgan fingerprint density at radius 1 is 1.22 bits per heavy atom. The highest BCUT2D eigenvalue weighted by Gasteiger charge is 2.34. The molecule has 174 valence electrons. The third-order valence-electron chi connectivity index (χ3n) is 6.65. The average molecular weight is 467 g/mol. The largest absolute Gasteiger partial charge is 0.351 e. The number of sulfonamides is 1. The van der Waals surface area contributed by atoms with E-state index < -0.39 is 27.0 Å². The molecule has 0 amide bonds. The third-order valence-corrected chi connectivity index (χ3v) is 7.95. The summed E-state index contributed by atoms with van der Waals surface area (Å²) >= 11 is 0. The van der Waals surface area contributed by atoms with E-state index in [1.54, 1.807) is 0 Å². The summed E-state index contributed by atoms with van der Waals surface area (Å²) in [5.74, 6) is -2.77. The minimum atomic E-state index is -3.26. The quantitative estimate of drug-likeness (QED) is 0.673. The van der Waals surface area contributed by atoms with Gasteiger partial charge in [-0.1, -0.05) is 13.3 Å². The lowest BCUT2D eigenvalue weighted by Gasteiger charge is -2.30. The fourth-order valence-corrected chi connectivity index (χ4v) is 5.71. The van der Waals surface area contributed by atoms with Gasteiger partial charge in [-0.25, -0.2) is 26.5 Å². The summed E-state index contributed by atoms with van der Waals surface area (Å²) in [6.07, 6.45) is 6.48. The molecule has 0 bridgehead atoms. The number of rotatable bonds is 5. The van der Waals surface area contributed by atoms with Gasteiger partial charge in [-0.05, 0) is 37.7 Å². The van der Waals surface area contributed by atoms with Crippen molar-refractivity contribution in [3.63, 3.8) is 0 Å². The number of hydrogen-bond donors (Lipinski definition) is 1. The first kappa shape index (κ1) is 23.1. The zero-order valence-corrected chi connectivity index (χ0v) is 19.3. The second-order valence-corrected chi connectivity index (χ2v) is 11.1. The van der Waals surface area contributed by atoms with Gasteiger partial charge < -0.3 is 5.32 Å². The van der Waals surface area contributed by atoms with Crippen LogP contribution in [0.4, 0.5) is 14.7 Å². The summed E-state index contributed by atoms with van der Waals surface area (Å²) in [6.45, 7) is 2.84. The summed E-state index contributed by atoms with van der Waals surface area (Å²) < 4.78 is 54.7. The van der Waals surface area contributed by atoms with Crippen molar-refractivity contribution in [2.75, 3.05) is 24.7 Å². The summed E-state index contributed by atoms with van der Waals surface area (Å²) in [6, 6.07) is 0.991. The van der Waals surface area contributed by atoms with Crippen molar-refractivity contribution in [2.45, 2.75) is 56.9 Å². The Morgan fingerprint density at radius 2 is 1.91 bits per heavy atom. The molecule has 0 radical (unpaired) electrons. The van der Waals surface area contributed by atoms with Crippen LogP contribution < -0.4 is 10.9 Å². The molecule has 0 aromatic carbocycles. The van der Waals surface area contributed by atoms with Gasteiger partial charge in [0.2, 0.25) is 21.8 Å². The maximum absolute atomic E-state index is 14.2. The van der Waals surface area contributed by atoms with E-state index in [1.807, 2.05) is 6.92 Å². The van der Waals surface area contributed by atoms with Gasteiger partial charge in [0, 0.05) is 36.8 Å². The van der Waals surface area contributed by atoms with Crippen LogP contribution in [0.1, 0.15) is 50.6 Å². The van der Waals surface area contributed by atoms with Crippen LogP contribution in [0.3, 0.4) is 0 Å². The van der Waals surface area contributed by atoms with Gasteiger partial charge in [-0.3, -0.25) is 9.36 Å². The van der Waals surface area contributed by atoms with Gasteiger partial charge in [0.1, 0.15) is 5.65 Å². The van der Waals surface area contributed by atoms with Crippen LogP contribution in [0.15, 0.2) is 17.1 Å². The van der Waals surface area contributed by atoms with E-state index in [-0.39, 0.29) is 18.0 Å². The molecule has 1 aliphatic carbocycles. The highest BCUT2D eigenvalue weighted by Crippen LogP contribution is 2.37. The van der Waals surface area contributed by atoms with Crippen LogP contribution in [0.2, 0.25) is 0 Å². The van der Waals surface area contributed by atoms with Gasteiger partial charge in [-0.15, -0.1) is 0 Å². The van der Waals surface area contributed by atoms with Gasteiger partial charge in [0.05, 0.1) is 11.8 Å². The average Bonchev–Trinajstić information content (AvgIpc) is 3.12. The van der Waals surface area contributed by atoms with Gasteiger partial charge in [0.25, 0.3) is 5.56 Å². The number of anilines is 1. The number of alkyl halides is 2. The summed E-state index contributed by atoms with van der Waals surface area (Å²) in [5.41, 5.74) is -0.885. The van der Waals surface area contributed by atoms with E-state index in [2.05, 4.69) is 15.3 Å². The number of nitrogens with one attached hydrogen (secondary N) is 1. The number of pyridine rings is 1. The molecule has 1 saturated carbocycles. The van der Waals surface area contributed by atoms with Crippen molar-refractivity contribution < 1.29 is 17.2 Å². The predicted octanol–water partition coefficient (Wildman–Crippen LogP) is 1.67. The van der Waals surface area contributed by atoms with E-state index in [9.17, 15) is 22.0 Å². The number of halogens is 2. The smallest absolute Gasteiger partial charge is 0.260 e. The van der Waals surface area contributed by atoms with E-state index >= 15 is 0 Å². The summed E-state index contributed by atoms with van der Waals surface area (Å²) in [7, 11) is -2.48. The molecule has 12 heteroatoms.